The van der Waals surface area contributed by atoms with Gasteiger partial charge in [-0.3, -0.25) is 4.79 Å². The van der Waals surface area contributed by atoms with Crippen LogP contribution in [0.4, 0.5) is 11.6 Å². The van der Waals surface area contributed by atoms with Crippen molar-refractivity contribution in [3.63, 3.8) is 0 Å². The van der Waals surface area contributed by atoms with Crippen molar-refractivity contribution in [3.05, 3.63) is 99.8 Å². The zero-order chi connectivity index (χ0) is 27.5. The number of hydrogen-bond acceptors (Lipinski definition) is 7. The third-order valence-electron chi connectivity index (χ3n) is 6.69. The predicted octanol–water partition coefficient (Wildman–Crippen LogP) is 5.50. The van der Waals surface area contributed by atoms with Crippen LogP contribution in [0.1, 0.15) is 47.7 Å². The lowest BCUT2D eigenvalue weighted by atomic mass is 9.94. The number of aryl methyl sites for hydroxylation is 3. The van der Waals surface area contributed by atoms with Crippen molar-refractivity contribution in [1.82, 2.24) is 20.2 Å². The molecule has 1 amide bonds. The average Bonchev–Trinajstić information content (AvgIpc) is 3.38. The lowest BCUT2D eigenvalue weighted by Crippen LogP contribution is -2.31. The van der Waals surface area contributed by atoms with E-state index in [0.29, 0.717) is 41.9 Å². The van der Waals surface area contributed by atoms with E-state index in [9.17, 15) is 4.79 Å². The monoisotopic (exact) mass is 524 g/mol. The van der Waals surface area contributed by atoms with Gasteiger partial charge in [0.25, 0.3) is 5.91 Å². The molecular formula is C30H32N6O3. The molecule has 1 aliphatic heterocycles. The minimum Gasteiger partial charge on any atom is -0.490 e. The van der Waals surface area contributed by atoms with Gasteiger partial charge >= 0.3 is 0 Å². The Bertz CT molecular complexity index is 1540. The number of fused-ring (bicyclic) bond motifs is 1. The Kier molecular flexibility index (Phi) is 7.31. The third-order valence-corrected chi connectivity index (χ3v) is 6.69. The van der Waals surface area contributed by atoms with Crippen LogP contribution in [0.2, 0.25) is 0 Å². The van der Waals surface area contributed by atoms with Gasteiger partial charge in [0.05, 0.1) is 12.2 Å². The molecule has 0 radical (unpaired) electrons. The Labute approximate surface area is 227 Å². The standard InChI is InChI=1S/C30H32N6O3/c1-6-38-26-16-23(12-14-25(26)39-17-22-10-7-18(2)8-11-22)28-27(21(5)31-30-33-34-35-36(28)30)29(37)32-24-13-9-19(3)15-20(24)4/h7-16,28H,6,17H2,1-5H3,(H,32,37)(H,31,33,35). The van der Waals surface area contributed by atoms with Crippen molar-refractivity contribution >= 4 is 17.5 Å². The van der Waals surface area contributed by atoms with E-state index >= 15 is 0 Å². The first kappa shape index (κ1) is 26.0. The number of rotatable bonds is 8. The number of benzene rings is 3. The molecule has 5 rings (SSSR count). The molecule has 1 unspecified atom stereocenters. The number of nitrogens with zero attached hydrogens (tertiary/aromatic N) is 4. The van der Waals surface area contributed by atoms with E-state index in [1.807, 2.05) is 76.2 Å². The highest BCUT2D eigenvalue weighted by Crippen LogP contribution is 2.39. The topological polar surface area (TPSA) is 103 Å². The number of nitrogens with one attached hydrogen (secondary N) is 2. The zero-order valence-corrected chi connectivity index (χ0v) is 22.8. The van der Waals surface area contributed by atoms with Gasteiger partial charge in [-0.05, 0) is 79.9 Å². The maximum Gasteiger partial charge on any atom is 0.255 e. The summed E-state index contributed by atoms with van der Waals surface area (Å²) in [6.45, 7) is 10.7. The number of anilines is 2. The molecule has 0 saturated heterocycles. The number of carbonyl (C=O) groups excluding carboxylic acids is 1. The van der Waals surface area contributed by atoms with Gasteiger partial charge in [-0.15, -0.1) is 0 Å². The molecule has 2 heterocycles. The lowest BCUT2D eigenvalue weighted by Gasteiger charge is -2.28. The van der Waals surface area contributed by atoms with E-state index < -0.39 is 6.04 Å². The van der Waals surface area contributed by atoms with Crippen LogP contribution < -0.4 is 20.1 Å². The molecule has 0 bridgehead atoms. The molecule has 0 aliphatic carbocycles. The van der Waals surface area contributed by atoms with Gasteiger partial charge in [-0.25, -0.2) is 0 Å². The van der Waals surface area contributed by atoms with Crippen LogP contribution in [0.3, 0.4) is 0 Å². The minimum absolute atomic E-state index is 0.240. The maximum absolute atomic E-state index is 13.7. The molecule has 1 aliphatic rings. The molecule has 39 heavy (non-hydrogen) atoms. The van der Waals surface area contributed by atoms with Crippen molar-refractivity contribution < 1.29 is 14.3 Å². The summed E-state index contributed by atoms with van der Waals surface area (Å²) >= 11 is 0. The molecule has 4 aromatic rings. The summed E-state index contributed by atoms with van der Waals surface area (Å²) in [4.78, 5) is 13.7. The molecule has 9 nitrogen and oxygen atoms in total. The van der Waals surface area contributed by atoms with Crippen LogP contribution in [0, 0.1) is 20.8 Å². The van der Waals surface area contributed by atoms with Gasteiger partial charge in [-0.1, -0.05) is 58.7 Å². The molecule has 2 N–H and O–H groups in total. The summed E-state index contributed by atoms with van der Waals surface area (Å²) in [5, 5.41) is 18.4. The highest BCUT2D eigenvalue weighted by atomic mass is 16.5. The van der Waals surface area contributed by atoms with E-state index in [2.05, 4.69) is 45.2 Å². The first-order valence-electron chi connectivity index (χ1n) is 12.9. The fourth-order valence-corrected chi connectivity index (χ4v) is 4.69. The summed E-state index contributed by atoms with van der Waals surface area (Å²) < 4.78 is 13.7. The number of hydrogen-bond donors (Lipinski definition) is 2. The van der Waals surface area contributed by atoms with Gasteiger partial charge in [0.2, 0.25) is 5.95 Å². The molecule has 0 spiro atoms. The second kappa shape index (κ2) is 11.0. The summed E-state index contributed by atoms with van der Waals surface area (Å²) in [6.07, 6.45) is 0. The number of amides is 1. The normalized spacial score (nSPS) is 14.4. The molecule has 1 atom stereocenters. The van der Waals surface area contributed by atoms with Gasteiger partial charge in [0.1, 0.15) is 12.6 Å². The number of allylic oxidation sites excluding steroid dienone is 1. The minimum atomic E-state index is -0.577. The van der Waals surface area contributed by atoms with Crippen LogP contribution in [-0.4, -0.2) is 32.7 Å². The summed E-state index contributed by atoms with van der Waals surface area (Å²) in [6, 6.07) is 19.3. The van der Waals surface area contributed by atoms with Crippen molar-refractivity contribution in [2.24, 2.45) is 0 Å². The van der Waals surface area contributed by atoms with Crippen LogP contribution >= 0.6 is 0 Å². The third kappa shape index (κ3) is 5.47. The van der Waals surface area contributed by atoms with Crippen LogP contribution in [-0.2, 0) is 11.4 Å². The fourth-order valence-electron chi connectivity index (χ4n) is 4.69. The number of tetrazole rings is 1. The molecule has 200 valence electrons. The smallest absolute Gasteiger partial charge is 0.255 e. The molecule has 1 aromatic heterocycles. The van der Waals surface area contributed by atoms with Gasteiger partial charge in [0.15, 0.2) is 11.5 Å². The number of ether oxygens (including phenoxy) is 2. The van der Waals surface area contributed by atoms with Crippen LogP contribution in [0.25, 0.3) is 0 Å². The van der Waals surface area contributed by atoms with Gasteiger partial charge in [0, 0.05) is 11.4 Å². The van der Waals surface area contributed by atoms with E-state index in [-0.39, 0.29) is 5.91 Å². The Morgan fingerprint density at radius 1 is 0.949 bits per heavy atom. The molecule has 0 fully saturated rings. The van der Waals surface area contributed by atoms with Crippen molar-refractivity contribution in [2.45, 2.75) is 47.3 Å². The van der Waals surface area contributed by atoms with E-state index in [1.165, 1.54) is 5.56 Å². The SMILES string of the molecule is CCOc1cc(C2C(C(=O)Nc3ccc(C)cc3C)=C(C)Nc3nnnn32)ccc1OCc1ccc(C)cc1. The summed E-state index contributed by atoms with van der Waals surface area (Å²) in [7, 11) is 0. The summed E-state index contributed by atoms with van der Waals surface area (Å²) in [5.74, 6) is 1.42. The molecular weight excluding hydrogens is 492 g/mol. The number of carbonyl (C=O) groups is 1. The van der Waals surface area contributed by atoms with Crippen LogP contribution in [0.15, 0.2) is 71.9 Å². The van der Waals surface area contributed by atoms with E-state index in [1.54, 1.807) is 4.68 Å². The molecule has 0 saturated carbocycles. The number of aromatic nitrogens is 4. The first-order valence-corrected chi connectivity index (χ1v) is 12.9. The highest BCUT2D eigenvalue weighted by molar-refractivity contribution is 6.06. The van der Waals surface area contributed by atoms with Crippen molar-refractivity contribution in [3.8, 4) is 11.5 Å². The second-order valence-corrected chi connectivity index (χ2v) is 9.70. The molecule has 9 heteroatoms. The van der Waals surface area contributed by atoms with E-state index in [0.717, 1.165) is 27.9 Å². The summed E-state index contributed by atoms with van der Waals surface area (Å²) in [5.41, 5.74) is 7.09. The lowest BCUT2D eigenvalue weighted by molar-refractivity contribution is -0.113. The van der Waals surface area contributed by atoms with Crippen molar-refractivity contribution in [2.75, 3.05) is 17.2 Å². The zero-order valence-electron chi connectivity index (χ0n) is 22.8. The van der Waals surface area contributed by atoms with Crippen LogP contribution in [0.5, 0.6) is 11.5 Å². The predicted molar refractivity (Wildman–Crippen MR) is 150 cm³/mol. The first-order chi connectivity index (χ1) is 18.8. The Balaban J connectivity index is 1.49. The van der Waals surface area contributed by atoms with Crippen molar-refractivity contribution in [1.29, 1.82) is 0 Å². The highest BCUT2D eigenvalue weighted by Gasteiger charge is 2.34. The Morgan fingerprint density at radius 3 is 2.46 bits per heavy atom. The maximum atomic E-state index is 13.7. The fraction of sp³-hybridized carbons (Fsp3) is 0.267. The second-order valence-electron chi connectivity index (χ2n) is 9.70. The molecule has 3 aromatic carbocycles. The van der Waals surface area contributed by atoms with E-state index in [4.69, 9.17) is 9.47 Å². The van der Waals surface area contributed by atoms with Gasteiger partial charge < -0.3 is 20.1 Å². The van der Waals surface area contributed by atoms with Gasteiger partial charge in [-0.2, -0.15) is 4.68 Å². The Morgan fingerprint density at radius 2 is 1.72 bits per heavy atom. The quantitative estimate of drug-likeness (QED) is 0.314. The Hall–Kier alpha value is -4.66. The average molecular weight is 525 g/mol. The largest absolute Gasteiger partial charge is 0.490 e.